The quantitative estimate of drug-likeness (QED) is 0.795. The van der Waals surface area contributed by atoms with Gasteiger partial charge in [-0.15, -0.1) is 0 Å². The van der Waals surface area contributed by atoms with E-state index in [2.05, 4.69) is 15.3 Å². The number of rotatable bonds is 6. The number of aromatic nitrogens is 2. The fourth-order valence-corrected chi connectivity index (χ4v) is 2.16. The molecule has 27 heavy (non-hydrogen) atoms. The van der Waals surface area contributed by atoms with Crippen LogP contribution < -0.4 is 5.32 Å². The Balaban J connectivity index is 1.97. The molecule has 2 atom stereocenters. The third-order valence-electron chi connectivity index (χ3n) is 3.58. The zero-order valence-electron chi connectivity index (χ0n) is 14.1. The molecule has 7 nitrogen and oxygen atoms in total. The van der Waals surface area contributed by atoms with Gasteiger partial charge in [0.05, 0.1) is 18.0 Å². The number of hydrogen-bond acceptors (Lipinski definition) is 5. The van der Waals surface area contributed by atoms with Crippen LogP contribution in [0.2, 0.25) is 0 Å². The van der Waals surface area contributed by atoms with Gasteiger partial charge in [0.15, 0.2) is 0 Å². The number of carboxylic acids is 1. The van der Waals surface area contributed by atoms with Crippen LogP contribution in [-0.4, -0.2) is 33.2 Å². The van der Waals surface area contributed by atoms with Crippen molar-refractivity contribution in [3.63, 3.8) is 0 Å². The first-order valence-corrected chi connectivity index (χ1v) is 7.80. The van der Waals surface area contributed by atoms with Gasteiger partial charge in [-0.3, -0.25) is 0 Å². The molecule has 0 aliphatic carbocycles. The summed E-state index contributed by atoms with van der Waals surface area (Å²) < 4.78 is 42.6. The van der Waals surface area contributed by atoms with E-state index in [4.69, 9.17) is 4.74 Å². The highest BCUT2D eigenvalue weighted by Gasteiger charge is 2.30. The fourth-order valence-electron chi connectivity index (χ4n) is 2.16. The number of hydrogen-bond donors (Lipinski definition) is 2. The maximum absolute atomic E-state index is 12.6. The predicted octanol–water partition coefficient (Wildman–Crippen LogP) is 2.98. The van der Waals surface area contributed by atoms with Crippen molar-refractivity contribution in [3.8, 4) is 0 Å². The Hall–Kier alpha value is -3.17. The molecule has 1 aromatic carbocycles. The first-order valence-electron chi connectivity index (χ1n) is 7.80. The van der Waals surface area contributed by atoms with Crippen molar-refractivity contribution in [1.82, 2.24) is 15.3 Å². The summed E-state index contributed by atoms with van der Waals surface area (Å²) in [5.74, 6) is -1.19. The zero-order valence-corrected chi connectivity index (χ0v) is 14.1. The number of alkyl carbamates (subject to hydrolysis) is 1. The first-order chi connectivity index (χ1) is 12.7. The fraction of sp³-hybridized carbons (Fsp3) is 0.294. The monoisotopic (exact) mass is 383 g/mol. The molecule has 0 bridgehead atoms. The van der Waals surface area contributed by atoms with Gasteiger partial charge in [0.1, 0.15) is 5.82 Å². The van der Waals surface area contributed by atoms with Gasteiger partial charge in [-0.05, 0) is 30.7 Å². The van der Waals surface area contributed by atoms with E-state index in [0.29, 0.717) is 5.56 Å². The molecule has 0 aliphatic heterocycles. The molecular formula is C17H16F3N3O4. The van der Waals surface area contributed by atoms with E-state index < -0.39 is 35.9 Å². The van der Waals surface area contributed by atoms with Crippen LogP contribution in [0.15, 0.2) is 42.7 Å². The van der Waals surface area contributed by atoms with Gasteiger partial charge in [-0.2, -0.15) is 13.2 Å². The molecule has 144 valence electrons. The molecule has 0 aliphatic rings. The molecule has 0 radical (unpaired) electrons. The van der Waals surface area contributed by atoms with Crippen LogP contribution in [0.3, 0.4) is 0 Å². The van der Waals surface area contributed by atoms with Crippen molar-refractivity contribution in [1.29, 1.82) is 0 Å². The van der Waals surface area contributed by atoms with Gasteiger partial charge in [-0.25, -0.2) is 19.6 Å². The summed E-state index contributed by atoms with van der Waals surface area (Å²) in [6.07, 6.45) is -4.36. The Morgan fingerprint density at radius 2 is 1.78 bits per heavy atom. The van der Waals surface area contributed by atoms with Gasteiger partial charge in [-0.1, -0.05) is 12.1 Å². The van der Waals surface area contributed by atoms with Gasteiger partial charge in [0.2, 0.25) is 6.10 Å². The van der Waals surface area contributed by atoms with Crippen LogP contribution in [-0.2, 0) is 22.1 Å². The van der Waals surface area contributed by atoms with E-state index in [9.17, 15) is 27.9 Å². The summed E-state index contributed by atoms with van der Waals surface area (Å²) in [6.45, 7) is 1.53. The highest BCUT2D eigenvalue weighted by molar-refractivity contribution is 5.77. The lowest BCUT2D eigenvalue weighted by atomic mass is 10.1. The van der Waals surface area contributed by atoms with Crippen molar-refractivity contribution >= 4 is 12.1 Å². The summed E-state index contributed by atoms with van der Waals surface area (Å²) in [6, 6.07) is 5.10. The Morgan fingerprint density at radius 1 is 1.19 bits per heavy atom. The normalized spacial score (nSPS) is 13.5. The SMILES string of the molecule is CC(NC(=O)OC(Cc1ncccn1)C(=O)O)c1ccc(C(F)(F)F)cc1. The van der Waals surface area contributed by atoms with Gasteiger partial charge < -0.3 is 15.2 Å². The zero-order chi connectivity index (χ0) is 20.0. The van der Waals surface area contributed by atoms with Gasteiger partial charge in [0, 0.05) is 12.4 Å². The summed E-state index contributed by atoms with van der Waals surface area (Å²) in [4.78, 5) is 30.9. The van der Waals surface area contributed by atoms with E-state index >= 15 is 0 Å². The minimum absolute atomic E-state index is 0.188. The third kappa shape index (κ3) is 5.94. The largest absolute Gasteiger partial charge is 0.478 e. The Morgan fingerprint density at radius 3 is 2.30 bits per heavy atom. The van der Waals surface area contributed by atoms with Crippen LogP contribution in [0.1, 0.15) is 29.9 Å². The van der Waals surface area contributed by atoms with E-state index in [0.717, 1.165) is 12.1 Å². The Labute approximate surface area is 152 Å². The van der Waals surface area contributed by atoms with E-state index in [1.165, 1.54) is 31.5 Å². The number of halogens is 3. The van der Waals surface area contributed by atoms with Crippen LogP contribution in [0.5, 0.6) is 0 Å². The molecule has 1 heterocycles. The molecule has 0 spiro atoms. The molecule has 2 unspecified atom stereocenters. The smallest absolute Gasteiger partial charge is 0.416 e. The standard InChI is InChI=1S/C17H16F3N3O4/c1-10(11-3-5-12(6-4-11)17(18,19)20)23-16(26)27-13(15(24)25)9-14-21-7-2-8-22-14/h2-8,10,13H,9H2,1H3,(H,23,26)(H,24,25). The summed E-state index contributed by atoms with van der Waals surface area (Å²) >= 11 is 0. The molecule has 0 saturated heterocycles. The average molecular weight is 383 g/mol. The molecule has 1 amide bonds. The van der Waals surface area contributed by atoms with Crippen molar-refractivity contribution in [2.24, 2.45) is 0 Å². The minimum Gasteiger partial charge on any atom is -0.478 e. The second kappa shape index (κ2) is 8.47. The number of aliphatic carboxylic acids is 1. The Kier molecular flexibility index (Phi) is 6.32. The third-order valence-corrected chi connectivity index (χ3v) is 3.58. The molecule has 2 rings (SSSR count). The first kappa shape index (κ1) is 20.1. The molecule has 1 aromatic heterocycles. The van der Waals surface area contributed by atoms with Crippen molar-refractivity contribution in [3.05, 3.63) is 59.7 Å². The molecule has 10 heteroatoms. The van der Waals surface area contributed by atoms with Crippen LogP contribution in [0.25, 0.3) is 0 Å². The maximum Gasteiger partial charge on any atom is 0.416 e. The lowest BCUT2D eigenvalue weighted by Crippen LogP contribution is -2.36. The Bertz CT molecular complexity index is 782. The van der Waals surface area contributed by atoms with Gasteiger partial charge >= 0.3 is 18.2 Å². The number of carbonyl (C=O) groups excluding carboxylic acids is 1. The molecular weight excluding hydrogens is 367 g/mol. The number of benzene rings is 1. The number of amides is 1. The van der Waals surface area contributed by atoms with E-state index in [1.807, 2.05) is 0 Å². The summed E-state index contributed by atoms with van der Waals surface area (Å²) in [5, 5.41) is 11.6. The number of nitrogens with zero attached hydrogens (tertiary/aromatic N) is 2. The number of carbonyl (C=O) groups is 2. The highest BCUT2D eigenvalue weighted by atomic mass is 19.4. The molecule has 2 N–H and O–H groups in total. The number of alkyl halides is 3. The van der Waals surface area contributed by atoms with E-state index in [-0.39, 0.29) is 12.2 Å². The average Bonchev–Trinajstić information content (AvgIpc) is 2.61. The summed E-state index contributed by atoms with van der Waals surface area (Å²) in [5.41, 5.74) is -0.409. The van der Waals surface area contributed by atoms with Crippen LogP contribution >= 0.6 is 0 Å². The van der Waals surface area contributed by atoms with E-state index in [1.54, 1.807) is 6.07 Å². The molecule has 2 aromatic rings. The minimum atomic E-state index is -4.46. The number of ether oxygens (including phenoxy) is 1. The van der Waals surface area contributed by atoms with Crippen LogP contribution in [0.4, 0.5) is 18.0 Å². The number of carboxylic acid groups (broad SMARTS) is 1. The second-order valence-electron chi connectivity index (χ2n) is 5.59. The lowest BCUT2D eigenvalue weighted by molar-refractivity contribution is -0.146. The molecule has 0 saturated carbocycles. The van der Waals surface area contributed by atoms with Gasteiger partial charge in [0.25, 0.3) is 0 Å². The van der Waals surface area contributed by atoms with Crippen molar-refractivity contribution < 1.29 is 32.6 Å². The topological polar surface area (TPSA) is 101 Å². The van der Waals surface area contributed by atoms with Crippen molar-refractivity contribution in [2.45, 2.75) is 31.7 Å². The highest BCUT2D eigenvalue weighted by Crippen LogP contribution is 2.29. The summed E-state index contributed by atoms with van der Waals surface area (Å²) in [7, 11) is 0. The second-order valence-corrected chi connectivity index (χ2v) is 5.59. The number of nitrogens with one attached hydrogen (secondary N) is 1. The van der Waals surface area contributed by atoms with Crippen molar-refractivity contribution in [2.75, 3.05) is 0 Å². The maximum atomic E-state index is 12.6. The molecule has 0 fully saturated rings. The van der Waals surface area contributed by atoms with Crippen LogP contribution in [0, 0.1) is 0 Å². The predicted molar refractivity (Wildman–Crippen MR) is 86.6 cm³/mol. The lowest BCUT2D eigenvalue weighted by Gasteiger charge is -2.18.